The Balaban J connectivity index is 2.32. The SMILES string of the molecule is Nc1cc(F)c(F)cc1C(=O)Nc1cc(F)c(F)c(F)c1. The third kappa shape index (κ3) is 2.93. The van der Waals surface area contributed by atoms with Gasteiger partial charge in [-0.1, -0.05) is 0 Å². The molecule has 21 heavy (non-hydrogen) atoms. The van der Waals surface area contributed by atoms with Crippen LogP contribution in [-0.2, 0) is 0 Å². The number of carbonyl (C=O) groups is 1. The number of anilines is 2. The largest absolute Gasteiger partial charge is 0.398 e. The van der Waals surface area contributed by atoms with Crippen molar-refractivity contribution in [3.05, 3.63) is 58.9 Å². The van der Waals surface area contributed by atoms with Crippen molar-refractivity contribution in [2.75, 3.05) is 11.1 Å². The van der Waals surface area contributed by atoms with E-state index in [1.165, 1.54) is 0 Å². The summed E-state index contributed by atoms with van der Waals surface area (Å²) in [4.78, 5) is 11.8. The van der Waals surface area contributed by atoms with Crippen molar-refractivity contribution in [3.8, 4) is 0 Å². The van der Waals surface area contributed by atoms with Gasteiger partial charge in [0.25, 0.3) is 5.91 Å². The second kappa shape index (κ2) is 5.39. The fraction of sp³-hybridized carbons (Fsp3) is 0. The summed E-state index contributed by atoms with van der Waals surface area (Å²) in [6, 6.07) is 2.20. The van der Waals surface area contributed by atoms with Gasteiger partial charge in [-0.15, -0.1) is 0 Å². The molecule has 0 aromatic heterocycles. The van der Waals surface area contributed by atoms with Gasteiger partial charge in [0.15, 0.2) is 29.1 Å². The van der Waals surface area contributed by atoms with Gasteiger partial charge in [-0.2, -0.15) is 0 Å². The van der Waals surface area contributed by atoms with E-state index in [-0.39, 0.29) is 5.69 Å². The number of carbonyl (C=O) groups excluding carboxylic acids is 1. The second-order valence-corrected chi connectivity index (χ2v) is 4.06. The lowest BCUT2D eigenvalue weighted by molar-refractivity contribution is 0.102. The van der Waals surface area contributed by atoms with Crippen LogP contribution in [0.3, 0.4) is 0 Å². The molecule has 0 radical (unpaired) electrons. The zero-order chi connectivity index (χ0) is 15.7. The predicted molar refractivity (Wildman–Crippen MR) is 65.0 cm³/mol. The van der Waals surface area contributed by atoms with Crippen LogP contribution >= 0.6 is 0 Å². The average Bonchev–Trinajstić information content (AvgIpc) is 2.40. The smallest absolute Gasteiger partial charge is 0.257 e. The highest BCUT2D eigenvalue weighted by atomic mass is 19.2. The molecule has 1 amide bonds. The van der Waals surface area contributed by atoms with Crippen LogP contribution in [0, 0.1) is 29.1 Å². The standard InChI is InChI=1S/C13H7F5N2O/c14-7-3-6(11(19)4-8(7)15)13(21)20-5-1-9(16)12(18)10(17)2-5/h1-4H,19H2,(H,20,21). The van der Waals surface area contributed by atoms with Crippen LogP contribution in [0.5, 0.6) is 0 Å². The summed E-state index contributed by atoms with van der Waals surface area (Å²) in [5.41, 5.74) is 4.15. The molecule has 0 spiro atoms. The molecule has 3 N–H and O–H groups in total. The Morgan fingerprint density at radius 3 is 1.95 bits per heavy atom. The minimum Gasteiger partial charge on any atom is -0.398 e. The van der Waals surface area contributed by atoms with Gasteiger partial charge < -0.3 is 11.1 Å². The molecule has 0 aliphatic heterocycles. The summed E-state index contributed by atoms with van der Waals surface area (Å²) >= 11 is 0. The second-order valence-electron chi connectivity index (χ2n) is 4.06. The van der Waals surface area contributed by atoms with Gasteiger partial charge in [0.05, 0.1) is 5.56 Å². The van der Waals surface area contributed by atoms with E-state index in [0.29, 0.717) is 24.3 Å². The van der Waals surface area contributed by atoms with E-state index in [0.717, 1.165) is 0 Å². The van der Waals surface area contributed by atoms with Crippen molar-refractivity contribution in [3.63, 3.8) is 0 Å². The molecule has 0 aliphatic carbocycles. The summed E-state index contributed by atoms with van der Waals surface area (Å²) < 4.78 is 64.7. The first-order valence-corrected chi connectivity index (χ1v) is 5.50. The van der Waals surface area contributed by atoms with Gasteiger partial charge in [-0.25, -0.2) is 22.0 Å². The van der Waals surface area contributed by atoms with E-state index in [2.05, 4.69) is 0 Å². The lowest BCUT2D eigenvalue weighted by Crippen LogP contribution is -2.15. The summed E-state index contributed by atoms with van der Waals surface area (Å²) in [6.45, 7) is 0. The zero-order valence-electron chi connectivity index (χ0n) is 10.2. The first-order valence-electron chi connectivity index (χ1n) is 5.50. The zero-order valence-corrected chi connectivity index (χ0v) is 10.2. The summed E-state index contributed by atoms with van der Waals surface area (Å²) in [6.07, 6.45) is 0. The molecule has 0 saturated carbocycles. The first-order chi connectivity index (χ1) is 9.79. The molecule has 8 heteroatoms. The highest BCUT2D eigenvalue weighted by Gasteiger charge is 2.16. The first kappa shape index (κ1) is 14.8. The predicted octanol–water partition coefficient (Wildman–Crippen LogP) is 3.22. The van der Waals surface area contributed by atoms with Crippen molar-refractivity contribution in [1.82, 2.24) is 0 Å². The lowest BCUT2D eigenvalue weighted by atomic mass is 10.1. The summed E-state index contributed by atoms with van der Waals surface area (Å²) in [5, 5.41) is 2.00. The van der Waals surface area contributed by atoms with Crippen LogP contribution in [-0.4, -0.2) is 5.91 Å². The Morgan fingerprint density at radius 2 is 1.38 bits per heavy atom. The number of nitrogens with two attached hydrogens (primary N) is 1. The Kier molecular flexibility index (Phi) is 3.79. The minimum atomic E-state index is -1.69. The average molecular weight is 302 g/mol. The number of rotatable bonds is 2. The van der Waals surface area contributed by atoms with Crippen molar-refractivity contribution >= 4 is 17.3 Å². The molecule has 0 bridgehead atoms. The third-order valence-electron chi connectivity index (χ3n) is 2.58. The van der Waals surface area contributed by atoms with Crippen molar-refractivity contribution < 1.29 is 26.7 Å². The molecule has 0 atom stereocenters. The van der Waals surface area contributed by atoms with Gasteiger partial charge in [0.2, 0.25) is 0 Å². The van der Waals surface area contributed by atoms with Gasteiger partial charge in [0, 0.05) is 29.6 Å². The molecule has 3 nitrogen and oxygen atoms in total. The highest BCUT2D eigenvalue weighted by molar-refractivity contribution is 6.07. The van der Waals surface area contributed by atoms with Gasteiger partial charge in [-0.05, 0) is 6.07 Å². The number of nitrogen functional groups attached to an aromatic ring is 1. The summed E-state index contributed by atoms with van der Waals surface area (Å²) in [7, 11) is 0. The number of amides is 1. The maximum atomic E-state index is 13.1. The van der Waals surface area contributed by atoms with E-state index >= 15 is 0 Å². The normalized spacial score (nSPS) is 10.5. The molecule has 0 unspecified atom stereocenters. The van der Waals surface area contributed by atoms with Gasteiger partial charge >= 0.3 is 0 Å². The summed E-state index contributed by atoms with van der Waals surface area (Å²) in [5.74, 6) is -8.31. The molecule has 2 aromatic rings. The number of hydrogen-bond acceptors (Lipinski definition) is 2. The van der Waals surface area contributed by atoms with Crippen molar-refractivity contribution in [2.45, 2.75) is 0 Å². The number of halogens is 5. The fourth-order valence-corrected chi connectivity index (χ4v) is 1.58. The molecule has 2 rings (SSSR count). The fourth-order valence-electron chi connectivity index (χ4n) is 1.58. The number of benzene rings is 2. The van der Waals surface area contributed by atoms with Crippen LogP contribution in [0.2, 0.25) is 0 Å². The van der Waals surface area contributed by atoms with Crippen LogP contribution in [0.15, 0.2) is 24.3 Å². The number of nitrogens with one attached hydrogen (secondary N) is 1. The third-order valence-corrected chi connectivity index (χ3v) is 2.58. The Bertz CT molecular complexity index is 710. The van der Waals surface area contributed by atoms with Crippen LogP contribution in [0.4, 0.5) is 33.3 Å². The maximum absolute atomic E-state index is 13.1. The van der Waals surface area contributed by atoms with E-state index in [9.17, 15) is 26.7 Å². The molecule has 2 aromatic carbocycles. The van der Waals surface area contributed by atoms with E-state index in [4.69, 9.17) is 5.73 Å². The van der Waals surface area contributed by atoms with Crippen LogP contribution < -0.4 is 11.1 Å². The monoisotopic (exact) mass is 302 g/mol. The molecule has 0 heterocycles. The van der Waals surface area contributed by atoms with E-state index in [1.807, 2.05) is 5.32 Å². The van der Waals surface area contributed by atoms with Crippen LogP contribution in [0.1, 0.15) is 10.4 Å². The van der Waals surface area contributed by atoms with Crippen LogP contribution in [0.25, 0.3) is 0 Å². The Labute approximate surface area is 115 Å². The molecule has 0 aliphatic rings. The highest BCUT2D eigenvalue weighted by Crippen LogP contribution is 2.21. The van der Waals surface area contributed by atoms with Gasteiger partial charge in [-0.3, -0.25) is 4.79 Å². The van der Waals surface area contributed by atoms with Crippen molar-refractivity contribution in [1.29, 1.82) is 0 Å². The molecule has 110 valence electrons. The quantitative estimate of drug-likeness (QED) is 0.508. The molecule has 0 fully saturated rings. The molecular weight excluding hydrogens is 295 g/mol. The maximum Gasteiger partial charge on any atom is 0.257 e. The molecule has 0 saturated heterocycles. The Hall–Kier alpha value is -2.64. The lowest BCUT2D eigenvalue weighted by Gasteiger charge is -2.09. The molecular formula is C13H7F5N2O. The van der Waals surface area contributed by atoms with E-state index in [1.54, 1.807) is 0 Å². The van der Waals surface area contributed by atoms with E-state index < -0.39 is 46.2 Å². The minimum absolute atomic E-state index is 0.366. The Morgan fingerprint density at radius 1 is 0.857 bits per heavy atom. The number of hydrogen-bond donors (Lipinski definition) is 2. The van der Waals surface area contributed by atoms with Gasteiger partial charge in [0.1, 0.15) is 0 Å². The van der Waals surface area contributed by atoms with Crippen molar-refractivity contribution in [2.24, 2.45) is 0 Å². The topological polar surface area (TPSA) is 55.1 Å².